The van der Waals surface area contributed by atoms with E-state index in [1.165, 1.54) is 6.92 Å². The Labute approximate surface area is 228 Å². The first-order valence-corrected chi connectivity index (χ1v) is 13.5. The quantitative estimate of drug-likeness (QED) is 0.550. The molecule has 0 saturated carbocycles. The Balaban J connectivity index is 1.72. The van der Waals surface area contributed by atoms with E-state index in [1.54, 1.807) is 17.0 Å². The number of carbonyl (C=O) groups is 4. The lowest BCUT2D eigenvalue weighted by Crippen LogP contribution is -2.31. The largest absolute Gasteiger partial charge is 0.401 e. The van der Waals surface area contributed by atoms with Crippen LogP contribution in [0.5, 0.6) is 0 Å². The number of aryl methyl sites for hydroxylation is 2. The summed E-state index contributed by atoms with van der Waals surface area (Å²) in [6, 6.07) is 5.43. The van der Waals surface area contributed by atoms with Crippen LogP contribution >= 0.6 is 0 Å². The fourth-order valence-electron chi connectivity index (χ4n) is 5.98. The van der Waals surface area contributed by atoms with E-state index in [-0.39, 0.29) is 52.2 Å². The minimum Gasteiger partial charge on any atom is -0.401 e. The molecule has 3 aliphatic rings. The van der Waals surface area contributed by atoms with E-state index in [1.807, 2.05) is 32.9 Å². The molecule has 1 heterocycles. The predicted molar refractivity (Wildman–Crippen MR) is 150 cm³/mol. The number of rotatable bonds is 5. The molecule has 2 N–H and O–H groups in total. The zero-order valence-electron chi connectivity index (χ0n) is 23.2. The number of nitrogens with two attached hydrogens (primary N) is 1. The van der Waals surface area contributed by atoms with Gasteiger partial charge in [0.25, 0.3) is 5.91 Å². The Morgan fingerprint density at radius 1 is 1.13 bits per heavy atom. The molecule has 2 aliphatic carbocycles. The summed E-state index contributed by atoms with van der Waals surface area (Å²) in [5.74, 6) is -1.35. The molecular formula is C32H34N2O5. The second-order valence-electron chi connectivity index (χ2n) is 10.9. The fraction of sp³-hybridized carbons (Fsp3) is 0.375. The van der Waals surface area contributed by atoms with E-state index in [2.05, 4.69) is 6.92 Å². The van der Waals surface area contributed by atoms with Gasteiger partial charge in [0.05, 0.1) is 12.2 Å². The third-order valence-electron chi connectivity index (χ3n) is 8.32. The van der Waals surface area contributed by atoms with Crippen molar-refractivity contribution in [2.45, 2.75) is 53.9 Å². The summed E-state index contributed by atoms with van der Waals surface area (Å²) in [4.78, 5) is 56.9. The lowest BCUT2D eigenvalue weighted by atomic mass is 9.76. The standard InChI is InChI=1S/C32H34N2O5/c1-6-7-20-14-21-8-9-22-28(25(21)18(4)26(20)32(38)34-10-11-39-15-34)31(37)27(19(5)29(22)35)30(36)23-12-16(2)17(3)13-24(23)33/h8-9,12,14,17H,6-7,10-11,13,15,33H2,1-5H3. The van der Waals surface area contributed by atoms with E-state index < -0.39 is 11.6 Å². The molecule has 1 atom stereocenters. The van der Waals surface area contributed by atoms with Gasteiger partial charge in [-0.3, -0.25) is 19.2 Å². The molecule has 7 heteroatoms. The van der Waals surface area contributed by atoms with E-state index in [0.717, 1.165) is 22.9 Å². The number of fused-ring (bicyclic) bond motifs is 3. The van der Waals surface area contributed by atoms with Gasteiger partial charge in [-0.05, 0) is 67.5 Å². The first-order valence-electron chi connectivity index (χ1n) is 13.5. The first kappa shape index (κ1) is 26.8. The van der Waals surface area contributed by atoms with Crippen LogP contribution in [0.1, 0.15) is 82.7 Å². The van der Waals surface area contributed by atoms with Crippen molar-refractivity contribution in [2.75, 3.05) is 19.9 Å². The molecule has 0 spiro atoms. The van der Waals surface area contributed by atoms with Crippen molar-refractivity contribution in [2.24, 2.45) is 11.7 Å². The summed E-state index contributed by atoms with van der Waals surface area (Å²) in [7, 11) is 0. The number of benzene rings is 2. The minimum absolute atomic E-state index is 0.118. The van der Waals surface area contributed by atoms with Gasteiger partial charge >= 0.3 is 0 Å². The second kappa shape index (κ2) is 10.0. The molecule has 202 valence electrons. The van der Waals surface area contributed by atoms with Gasteiger partial charge in [0.15, 0.2) is 17.3 Å². The van der Waals surface area contributed by atoms with Crippen molar-refractivity contribution in [1.29, 1.82) is 0 Å². The van der Waals surface area contributed by atoms with Gasteiger partial charge in [-0.25, -0.2) is 0 Å². The summed E-state index contributed by atoms with van der Waals surface area (Å²) in [6.45, 7) is 10.6. The minimum atomic E-state index is -0.525. The molecule has 7 nitrogen and oxygen atoms in total. The second-order valence-corrected chi connectivity index (χ2v) is 10.9. The highest BCUT2D eigenvalue weighted by Crippen LogP contribution is 2.38. The van der Waals surface area contributed by atoms with Gasteiger partial charge < -0.3 is 15.4 Å². The summed E-state index contributed by atoms with van der Waals surface area (Å²) >= 11 is 0. The van der Waals surface area contributed by atoms with Gasteiger partial charge in [-0.15, -0.1) is 0 Å². The van der Waals surface area contributed by atoms with Crippen LogP contribution < -0.4 is 5.73 Å². The summed E-state index contributed by atoms with van der Waals surface area (Å²) < 4.78 is 5.42. The fourth-order valence-corrected chi connectivity index (χ4v) is 5.98. The van der Waals surface area contributed by atoms with E-state index >= 15 is 0 Å². The van der Waals surface area contributed by atoms with Crippen LogP contribution in [-0.2, 0) is 16.0 Å². The Bertz CT molecular complexity index is 1570. The van der Waals surface area contributed by atoms with Crippen LogP contribution in [0.2, 0.25) is 0 Å². The molecule has 1 saturated heterocycles. The maximum Gasteiger partial charge on any atom is 0.256 e. The first-order chi connectivity index (χ1) is 18.6. The Kier molecular flexibility index (Phi) is 6.89. The number of carbonyl (C=O) groups excluding carboxylic acids is 4. The Hall–Kier alpha value is -3.84. The van der Waals surface area contributed by atoms with Crippen molar-refractivity contribution in [1.82, 2.24) is 4.90 Å². The van der Waals surface area contributed by atoms with Crippen LogP contribution in [0, 0.1) is 12.8 Å². The molecule has 1 unspecified atom stereocenters. The van der Waals surface area contributed by atoms with Crippen molar-refractivity contribution in [3.63, 3.8) is 0 Å². The third-order valence-corrected chi connectivity index (χ3v) is 8.32. The number of hydrogen-bond donors (Lipinski definition) is 1. The van der Waals surface area contributed by atoms with Crippen LogP contribution in [0.15, 0.2) is 52.3 Å². The number of hydrogen-bond acceptors (Lipinski definition) is 6. The van der Waals surface area contributed by atoms with Crippen LogP contribution in [0.3, 0.4) is 0 Å². The number of Topliss-reactive ketones (excluding diaryl/α,β-unsaturated/α-hetero) is 3. The molecule has 0 radical (unpaired) electrons. The lowest BCUT2D eigenvalue weighted by Gasteiger charge is -2.25. The molecule has 2 aromatic rings. The molecular weight excluding hydrogens is 492 g/mol. The van der Waals surface area contributed by atoms with Crippen molar-refractivity contribution >= 4 is 34.0 Å². The topological polar surface area (TPSA) is 107 Å². The van der Waals surface area contributed by atoms with Gasteiger partial charge in [-0.2, -0.15) is 0 Å². The van der Waals surface area contributed by atoms with Crippen LogP contribution in [0.4, 0.5) is 0 Å². The molecule has 1 aliphatic heterocycles. The molecule has 5 rings (SSSR count). The number of nitrogens with zero attached hydrogens (tertiary/aromatic N) is 1. The van der Waals surface area contributed by atoms with Gasteiger partial charge in [-0.1, -0.05) is 44.1 Å². The Morgan fingerprint density at radius 3 is 2.54 bits per heavy atom. The van der Waals surface area contributed by atoms with Gasteiger partial charge in [0, 0.05) is 40.1 Å². The van der Waals surface area contributed by atoms with Crippen LogP contribution in [0.25, 0.3) is 10.8 Å². The maximum absolute atomic E-state index is 14.2. The average Bonchev–Trinajstić information content (AvgIpc) is 3.44. The number of ether oxygens (including phenoxy) is 1. The monoisotopic (exact) mass is 526 g/mol. The Morgan fingerprint density at radius 2 is 1.87 bits per heavy atom. The van der Waals surface area contributed by atoms with E-state index in [0.29, 0.717) is 48.2 Å². The van der Waals surface area contributed by atoms with E-state index in [4.69, 9.17) is 10.5 Å². The zero-order chi connectivity index (χ0) is 28.2. The maximum atomic E-state index is 14.2. The highest BCUT2D eigenvalue weighted by molar-refractivity contribution is 6.42. The highest BCUT2D eigenvalue weighted by atomic mass is 16.5. The van der Waals surface area contributed by atoms with Crippen molar-refractivity contribution < 1.29 is 23.9 Å². The van der Waals surface area contributed by atoms with Crippen molar-refractivity contribution in [3.8, 4) is 0 Å². The third kappa shape index (κ3) is 4.25. The number of amides is 1. The molecule has 1 fully saturated rings. The molecule has 39 heavy (non-hydrogen) atoms. The SMILES string of the molecule is CCCc1cc2ccc3c(c2c(C)c1C(=O)N1CCOC1)C(=O)C(C(=O)C1=C(N)CC(C)C(C)=C1)=C(C)C3=O. The van der Waals surface area contributed by atoms with Crippen molar-refractivity contribution in [3.05, 3.63) is 80.1 Å². The highest BCUT2D eigenvalue weighted by Gasteiger charge is 2.38. The summed E-state index contributed by atoms with van der Waals surface area (Å²) in [5, 5.41) is 1.30. The van der Waals surface area contributed by atoms with E-state index in [9.17, 15) is 19.2 Å². The normalized spacial score (nSPS) is 19.7. The molecule has 1 amide bonds. The number of ketones is 3. The summed E-state index contributed by atoms with van der Waals surface area (Å²) in [5.41, 5.74) is 10.4. The van der Waals surface area contributed by atoms with Crippen LogP contribution in [-0.4, -0.2) is 48.0 Å². The zero-order valence-corrected chi connectivity index (χ0v) is 23.2. The molecule has 0 aromatic heterocycles. The average molecular weight is 527 g/mol. The summed E-state index contributed by atoms with van der Waals surface area (Å²) in [6.07, 6.45) is 3.78. The molecule has 0 bridgehead atoms. The molecule has 2 aromatic carbocycles. The van der Waals surface area contributed by atoms with Gasteiger partial charge in [0.2, 0.25) is 0 Å². The lowest BCUT2D eigenvalue weighted by molar-refractivity contribution is -0.111. The number of allylic oxidation sites excluding steroid dienone is 6. The predicted octanol–water partition coefficient (Wildman–Crippen LogP) is 4.99. The smallest absolute Gasteiger partial charge is 0.256 e. The van der Waals surface area contributed by atoms with Gasteiger partial charge in [0.1, 0.15) is 6.73 Å².